The summed E-state index contributed by atoms with van der Waals surface area (Å²) < 4.78 is 22.1. The van der Waals surface area contributed by atoms with Crippen molar-refractivity contribution in [2.75, 3.05) is 17.2 Å². The molecule has 0 saturated carbocycles. The summed E-state index contributed by atoms with van der Waals surface area (Å²) in [5.74, 6) is 0.732. The molecule has 2 aromatic carbocycles. The molecule has 1 aliphatic heterocycles. The molecule has 0 bridgehead atoms. The minimum atomic E-state index is -1.98. The number of hydrogen-bond acceptors (Lipinski definition) is 7. The lowest BCUT2D eigenvalue weighted by Crippen LogP contribution is -2.32. The topological polar surface area (TPSA) is 107 Å². The second-order valence-corrected chi connectivity index (χ2v) is 10.3. The van der Waals surface area contributed by atoms with Gasteiger partial charge in [0.25, 0.3) is 5.91 Å². The summed E-state index contributed by atoms with van der Waals surface area (Å²) in [4.78, 5) is 29.9. The molecule has 0 atom stereocenters. The number of amides is 1. The molecule has 10 heteroatoms. The van der Waals surface area contributed by atoms with Crippen LogP contribution in [0.3, 0.4) is 0 Å². The molecular weight excluding hydrogens is 509 g/mol. The van der Waals surface area contributed by atoms with Gasteiger partial charge in [0.05, 0.1) is 11.1 Å². The van der Waals surface area contributed by atoms with Crippen LogP contribution in [-0.4, -0.2) is 42.6 Å². The van der Waals surface area contributed by atoms with Gasteiger partial charge in [-0.05, 0) is 74.2 Å². The van der Waals surface area contributed by atoms with Gasteiger partial charge in [0.1, 0.15) is 23.5 Å². The molecule has 1 aliphatic rings. The van der Waals surface area contributed by atoms with Crippen LogP contribution in [0.1, 0.15) is 25.1 Å². The van der Waals surface area contributed by atoms with Crippen molar-refractivity contribution in [3.05, 3.63) is 72.3 Å². The Hall–Kier alpha value is -4.86. The lowest BCUT2D eigenvalue weighted by Gasteiger charge is -2.18. The van der Waals surface area contributed by atoms with Crippen LogP contribution in [0.15, 0.2) is 61.1 Å². The zero-order chi connectivity index (χ0) is 28.0. The van der Waals surface area contributed by atoms with Gasteiger partial charge in [-0.2, -0.15) is 0 Å². The number of ether oxygens (including phenoxy) is 1. The standard InChI is InChI=1S/C30H28FN7O2/c1-17-11-13-33-29(36-17)40-21-9-10-22-19(15-21)12-14-32-26-24-23(22)25(38(4)27(24)35-16-34-26)18-5-7-20(8-6-18)37-28(39)30(2,3)31/h5-11,13,15-16H,12,14H2,1-4H3,(H,37,39)(H,32,34,35). The van der Waals surface area contributed by atoms with Gasteiger partial charge in [-0.1, -0.05) is 18.2 Å². The number of carbonyl (C=O) groups excluding carboxylic acids is 1. The van der Waals surface area contributed by atoms with Crippen molar-refractivity contribution >= 4 is 28.4 Å². The van der Waals surface area contributed by atoms with Crippen LogP contribution in [0.5, 0.6) is 11.8 Å². The van der Waals surface area contributed by atoms with Crippen LogP contribution in [-0.2, 0) is 18.3 Å². The Morgan fingerprint density at radius 2 is 1.90 bits per heavy atom. The maximum Gasteiger partial charge on any atom is 0.322 e. The lowest BCUT2D eigenvalue weighted by molar-refractivity contribution is -0.125. The third-order valence-electron chi connectivity index (χ3n) is 6.94. The molecule has 2 N–H and O–H groups in total. The largest absolute Gasteiger partial charge is 0.424 e. The third-order valence-corrected chi connectivity index (χ3v) is 6.94. The van der Waals surface area contributed by atoms with Gasteiger partial charge >= 0.3 is 6.01 Å². The van der Waals surface area contributed by atoms with Crippen LogP contribution in [0.2, 0.25) is 0 Å². The van der Waals surface area contributed by atoms with Crippen LogP contribution in [0.25, 0.3) is 33.4 Å². The molecule has 0 radical (unpaired) electrons. The number of nitrogens with one attached hydrogen (secondary N) is 2. The van der Waals surface area contributed by atoms with E-state index in [0.29, 0.717) is 24.0 Å². The Morgan fingerprint density at radius 3 is 2.65 bits per heavy atom. The van der Waals surface area contributed by atoms with E-state index >= 15 is 0 Å². The fourth-order valence-corrected chi connectivity index (χ4v) is 4.96. The van der Waals surface area contributed by atoms with E-state index in [1.807, 2.05) is 44.3 Å². The van der Waals surface area contributed by atoms with Crippen LogP contribution in [0.4, 0.5) is 15.9 Å². The summed E-state index contributed by atoms with van der Waals surface area (Å²) in [5.41, 5.74) is 5.16. The average Bonchev–Trinajstić information content (AvgIpc) is 3.20. The first-order valence-corrected chi connectivity index (χ1v) is 13.0. The number of nitrogens with zero attached hydrogens (tertiary/aromatic N) is 5. The summed E-state index contributed by atoms with van der Waals surface area (Å²) in [6.07, 6.45) is 3.98. The summed E-state index contributed by atoms with van der Waals surface area (Å²) >= 11 is 0. The van der Waals surface area contributed by atoms with E-state index < -0.39 is 11.6 Å². The highest BCUT2D eigenvalue weighted by Crippen LogP contribution is 2.45. The number of benzene rings is 2. The number of aromatic nitrogens is 5. The Labute approximate surface area is 230 Å². The molecule has 0 fully saturated rings. The summed E-state index contributed by atoms with van der Waals surface area (Å²) in [6.45, 7) is 5.05. The Morgan fingerprint density at radius 1 is 1.10 bits per heavy atom. The quantitative estimate of drug-likeness (QED) is 0.290. The Bertz CT molecular complexity index is 1760. The van der Waals surface area contributed by atoms with E-state index in [-0.39, 0.29) is 0 Å². The smallest absolute Gasteiger partial charge is 0.322 e. The zero-order valence-electron chi connectivity index (χ0n) is 22.6. The average molecular weight is 538 g/mol. The number of alkyl halides is 1. The molecule has 1 amide bonds. The van der Waals surface area contributed by atoms with Crippen molar-refractivity contribution in [3.63, 3.8) is 0 Å². The fraction of sp³-hybridized carbons (Fsp3) is 0.233. The number of anilines is 2. The molecule has 202 valence electrons. The van der Waals surface area contributed by atoms with E-state index in [1.54, 1.807) is 24.7 Å². The van der Waals surface area contributed by atoms with Gasteiger partial charge in [-0.15, -0.1) is 0 Å². The molecular formula is C30H28FN7O2. The SMILES string of the molecule is Cc1ccnc(Oc2ccc3c(c2)CCNc2ncnc4c2c-3c(-c2ccc(NC(=O)C(C)(C)F)cc2)n4C)n1. The predicted octanol–water partition coefficient (Wildman–Crippen LogP) is 5.85. The number of carbonyl (C=O) groups is 1. The molecule has 9 nitrogen and oxygen atoms in total. The highest BCUT2D eigenvalue weighted by molar-refractivity contribution is 6.09. The normalized spacial score (nSPS) is 12.7. The van der Waals surface area contributed by atoms with Gasteiger partial charge in [0.2, 0.25) is 0 Å². The van der Waals surface area contributed by atoms with E-state index in [1.165, 1.54) is 13.8 Å². The molecule has 40 heavy (non-hydrogen) atoms. The number of halogens is 1. The fourth-order valence-electron chi connectivity index (χ4n) is 4.96. The van der Waals surface area contributed by atoms with Gasteiger partial charge < -0.3 is 19.9 Å². The summed E-state index contributed by atoms with van der Waals surface area (Å²) in [5, 5.41) is 7.03. The molecule has 6 rings (SSSR count). The summed E-state index contributed by atoms with van der Waals surface area (Å²) in [6, 6.07) is 15.5. The number of aryl methyl sites for hydroxylation is 2. The Kier molecular flexibility index (Phi) is 6.17. The highest BCUT2D eigenvalue weighted by Gasteiger charge is 2.28. The third kappa shape index (κ3) is 4.61. The maximum atomic E-state index is 14.1. The first-order chi connectivity index (χ1) is 19.2. The van der Waals surface area contributed by atoms with Crippen LogP contribution < -0.4 is 15.4 Å². The van der Waals surface area contributed by atoms with Gasteiger partial charge in [0, 0.05) is 36.7 Å². The van der Waals surface area contributed by atoms with E-state index in [2.05, 4.69) is 41.2 Å². The second-order valence-electron chi connectivity index (χ2n) is 10.3. The van der Waals surface area contributed by atoms with Gasteiger partial charge in [0.15, 0.2) is 5.67 Å². The molecule has 0 aliphatic carbocycles. The summed E-state index contributed by atoms with van der Waals surface area (Å²) in [7, 11) is 1.98. The first-order valence-electron chi connectivity index (χ1n) is 13.0. The van der Waals surface area contributed by atoms with Crippen molar-refractivity contribution in [2.24, 2.45) is 7.05 Å². The van der Waals surface area contributed by atoms with Crippen molar-refractivity contribution in [2.45, 2.75) is 32.9 Å². The predicted molar refractivity (Wildman–Crippen MR) is 152 cm³/mol. The molecule has 0 spiro atoms. The molecule has 4 heterocycles. The van der Waals surface area contributed by atoms with Crippen molar-refractivity contribution in [1.82, 2.24) is 24.5 Å². The van der Waals surface area contributed by atoms with Crippen molar-refractivity contribution in [1.29, 1.82) is 0 Å². The van der Waals surface area contributed by atoms with Crippen molar-refractivity contribution in [3.8, 4) is 34.1 Å². The van der Waals surface area contributed by atoms with Crippen LogP contribution in [0, 0.1) is 6.92 Å². The molecule has 0 saturated heterocycles. The number of rotatable bonds is 5. The van der Waals surface area contributed by atoms with Crippen LogP contribution >= 0.6 is 0 Å². The Balaban J connectivity index is 1.47. The minimum absolute atomic E-state index is 0.300. The van der Waals surface area contributed by atoms with Gasteiger partial charge in [-0.3, -0.25) is 4.79 Å². The first kappa shape index (κ1) is 25.4. The van der Waals surface area contributed by atoms with E-state index in [9.17, 15) is 9.18 Å². The zero-order valence-corrected chi connectivity index (χ0v) is 22.6. The van der Waals surface area contributed by atoms with E-state index in [0.717, 1.165) is 56.9 Å². The lowest BCUT2D eigenvalue weighted by atomic mass is 9.92. The molecule has 3 aromatic heterocycles. The monoisotopic (exact) mass is 537 g/mol. The number of fused-ring (bicyclic) bond motifs is 2. The maximum absolute atomic E-state index is 14.1. The number of hydrogen-bond donors (Lipinski definition) is 2. The second kappa shape index (κ2) is 9.71. The highest BCUT2D eigenvalue weighted by atomic mass is 19.1. The minimum Gasteiger partial charge on any atom is -0.424 e. The van der Waals surface area contributed by atoms with Crippen molar-refractivity contribution < 1.29 is 13.9 Å². The molecule has 5 aromatic rings. The van der Waals surface area contributed by atoms with Gasteiger partial charge in [-0.25, -0.2) is 24.3 Å². The molecule has 0 unspecified atom stereocenters. The van der Waals surface area contributed by atoms with E-state index in [4.69, 9.17) is 4.74 Å².